The fourth-order valence-corrected chi connectivity index (χ4v) is 3.22. The summed E-state index contributed by atoms with van der Waals surface area (Å²) in [6.07, 6.45) is 3.17. The van der Waals surface area contributed by atoms with Gasteiger partial charge in [0.25, 0.3) is 5.56 Å². The standard InChI is InChI=1S/C15H17BrN4O2/c1-9-4-10(16)8-20-14(22)5-12(19-15(9)20)7-17-6-11-2-3-13(21)18-11/h4-5,8,11,17H,2-3,6-7H2,1H3,(H,18,21)/t11-/m0/s1. The largest absolute Gasteiger partial charge is 0.352 e. The number of hydrogen-bond donors (Lipinski definition) is 2. The van der Waals surface area contributed by atoms with Crippen LogP contribution in [0.15, 0.2) is 27.6 Å². The van der Waals surface area contributed by atoms with E-state index in [2.05, 4.69) is 31.5 Å². The average Bonchev–Trinajstić information content (AvgIpc) is 2.86. The fourth-order valence-electron chi connectivity index (χ4n) is 2.67. The van der Waals surface area contributed by atoms with Crippen molar-refractivity contribution in [2.24, 2.45) is 0 Å². The minimum Gasteiger partial charge on any atom is -0.352 e. The summed E-state index contributed by atoms with van der Waals surface area (Å²) in [6.45, 7) is 3.12. The lowest BCUT2D eigenvalue weighted by atomic mass is 10.2. The fraction of sp³-hybridized carbons (Fsp3) is 0.400. The predicted octanol–water partition coefficient (Wildman–Crippen LogP) is 1.13. The van der Waals surface area contributed by atoms with Crippen LogP contribution in [0.5, 0.6) is 0 Å². The molecule has 1 amide bonds. The van der Waals surface area contributed by atoms with E-state index in [4.69, 9.17) is 0 Å². The van der Waals surface area contributed by atoms with E-state index < -0.39 is 0 Å². The number of carbonyl (C=O) groups excluding carboxylic acids is 1. The van der Waals surface area contributed by atoms with Gasteiger partial charge in [0.05, 0.1) is 5.69 Å². The number of aryl methyl sites for hydroxylation is 1. The molecule has 1 aliphatic rings. The lowest BCUT2D eigenvalue weighted by Crippen LogP contribution is -2.35. The number of halogens is 1. The Labute approximate surface area is 136 Å². The van der Waals surface area contributed by atoms with Gasteiger partial charge in [-0.25, -0.2) is 4.98 Å². The molecule has 6 nitrogen and oxygen atoms in total. The van der Waals surface area contributed by atoms with Gasteiger partial charge in [0.15, 0.2) is 0 Å². The number of hydrogen-bond acceptors (Lipinski definition) is 4. The zero-order chi connectivity index (χ0) is 15.7. The van der Waals surface area contributed by atoms with Crippen molar-refractivity contribution >= 4 is 27.5 Å². The first-order valence-electron chi connectivity index (χ1n) is 7.21. The Hall–Kier alpha value is -1.73. The molecule has 0 aromatic carbocycles. The molecule has 3 rings (SSSR count). The molecule has 0 radical (unpaired) electrons. The summed E-state index contributed by atoms with van der Waals surface area (Å²) in [5.74, 6) is 0.107. The highest BCUT2D eigenvalue weighted by Crippen LogP contribution is 2.14. The van der Waals surface area contributed by atoms with Crippen molar-refractivity contribution in [3.05, 3.63) is 44.4 Å². The van der Waals surface area contributed by atoms with Gasteiger partial charge in [-0.2, -0.15) is 0 Å². The third kappa shape index (κ3) is 3.20. The smallest absolute Gasteiger partial charge is 0.258 e. The third-order valence-electron chi connectivity index (χ3n) is 3.75. The van der Waals surface area contributed by atoms with E-state index in [0.717, 1.165) is 16.5 Å². The predicted molar refractivity (Wildman–Crippen MR) is 86.8 cm³/mol. The Bertz CT molecular complexity index is 787. The van der Waals surface area contributed by atoms with Crippen LogP contribution in [-0.4, -0.2) is 27.9 Å². The van der Waals surface area contributed by atoms with Crippen molar-refractivity contribution in [3.8, 4) is 0 Å². The minimum atomic E-state index is -0.0969. The van der Waals surface area contributed by atoms with Gasteiger partial charge in [0, 0.05) is 42.3 Å². The number of fused-ring (bicyclic) bond motifs is 1. The molecule has 2 aromatic rings. The van der Waals surface area contributed by atoms with Crippen molar-refractivity contribution in [2.75, 3.05) is 6.54 Å². The molecule has 0 spiro atoms. The van der Waals surface area contributed by atoms with E-state index in [1.54, 1.807) is 16.7 Å². The van der Waals surface area contributed by atoms with Crippen LogP contribution >= 0.6 is 15.9 Å². The molecule has 3 heterocycles. The number of aromatic nitrogens is 2. The van der Waals surface area contributed by atoms with E-state index in [-0.39, 0.29) is 17.5 Å². The molecule has 2 aromatic heterocycles. The Kier molecular flexibility index (Phi) is 4.26. The van der Waals surface area contributed by atoms with Crippen molar-refractivity contribution in [1.29, 1.82) is 0 Å². The molecular weight excluding hydrogens is 348 g/mol. The highest BCUT2D eigenvalue weighted by atomic mass is 79.9. The highest BCUT2D eigenvalue weighted by Gasteiger charge is 2.19. The first kappa shape index (κ1) is 15.2. The number of nitrogens with one attached hydrogen (secondary N) is 2. The van der Waals surface area contributed by atoms with Crippen LogP contribution in [0.1, 0.15) is 24.1 Å². The van der Waals surface area contributed by atoms with Crippen LogP contribution in [0.25, 0.3) is 5.65 Å². The summed E-state index contributed by atoms with van der Waals surface area (Å²) < 4.78 is 2.39. The Morgan fingerprint density at radius 1 is 1.45 bits per heavy atom. The highest BCUT2D eigenvalue weighted by molar-refractivity contribution is 9.10. The topological polar surface area (TPSA) is 75.5 Å². The van der Waals surface area contributed by atoms with Crippen molar-refractivity contribution in [2.45, 2.75) is 32.4 Å². The zero-order valence-corrected chi connectivity index (χ0v) is 13.8. The van der Waals surface area contributed by atoms with E-state index in [0.29, 0.717) is 30.9 Å². The third-order valence-corrected chi connectivity index (χ3v) is 4.18. The Balaban J connectivity index is 1.74. The van der Waals surface area contributed by atoms with E-state index in [9.17, 15) is 9.59 Å². The molecule has 1 atom stereocenters. The van der Waals surface area contributed by atoms with Crippen molar-refractivity contribution in [3.63, 3.8) is 0 Å². The number of pyridine rings is 1. The van der Waals surface area contributed by atoms with E-state index in [1.807, 2.05) is 13.0 Å². The molecule has 22 heavy (non-hydrogen) atoms. The minimum absolute atomic E-state index is 0.0969. The SMILES string of the molecule is Cc1cc(Br)cn2c(=O)cc(CNC[C@@H]3CCC(=O)N3)nc12. The number of rotatable bonds is 4. The molecule has 7 heteroatoms. The molecule has 0 saturated carbocycles. The summed E-state index contributed by atoms with van der Waals surface area (Å²) >= 11 is 3.39. The van der Waals surface area contributed by atoms with E-state index >= 15 is 0 Å². The van der Waals surface area contributed by atoms with E-state index in [1.165, 1.54) is 0 Å². The maximum atomic E-state index is 12.2. The molecule has 1 fully saturated rings. The van der Waals surface area contributed by atoms with Gasteiger partial charge in [-0.15, -0.1) is 0 Å². The first-order chi connectivity index (χ1) is 10.5. The van der Waals surface area contributed by atoms with Crippen molar-refractivity contribution in [1.82, 2.24) is 20.0 Å². The van der Waals surface area contributed by atoms with Gasteiger partial charge in [0.1, 0.15) is 5.65 Å². The first-order valence-corrected chi connectivity index (χ1v) is 8.01. The maximum Gasteiger partial charge on any atom is 0.258 e. The molecule has 0 unspecified atom stereocenters. The molecule has 116 valence electrons. The second-order valence-corrected chi connectivity index (χ2v) is 6.47. The second kappa shape index (κ2) is 6.18. The molecule has 0 bridgehead atoms. The van der Waals surface area contributed by atoms with Crippen LogP contribution in [0.4, 0.5) is 0 Å². The van der Waals surface area contributed by atoms with Gasteiger partial charge >= 0.3 is 0 Å². The zero-order valence-electron chi connectivity index (χ0n) is 12.2. The van der Waals surface area contributed by atoms with Crippen LogP contribution in [0.2, 0.25) is 0 Å². The average molecular weight is 365 g/mol. The van der Waals surface area contributed by atoms with Crippen LogP contribution in [0, 0.1) is 6.92 Å². The lowest BCUT2D eigenvalue weighted by Gasteiger charge is -2.11. The Morgan fingerprint density at radius 2 is 2.27 bits per heavy atom. The number of amides is 1. The van der Waals surface area contributed by atoms with Crippen LogP contribution < -0.4 is 16.2 Å². The molecule has 0 aliphatic carbocycles. The number of carbonyl (C=O) groups is 1. The van der Waals surface area contributed by atoms with Crippen LogP contribution in [-0.2, 0) is 11.3 Å². The summed E-state index contributed by atoms with van der Waals surface area (Å²) in [7, 11) is 0. The van der Waals surface area contributed by atoms with Gasteiger partial charge in [-0.1, -0.05) is 0 Å². The monoisotopic (exact) mass is 364 g/mol. The van der Waals surface area contributed by atoms with Gasteiger partial charge < -0.3 is 10.6 Å². The molecule has 2 N–H and O–H groups in total. The van der Waals surface area contributed by atoms with Gasteiger partial charge in [-0.05, 0) is 40.9 Å². The summed E-state index contributed by atoms with van der Waals surface area (Å²) in [4.78, 5) is 27.9. The second-order valence-electron chi connectivity index (χ2n) is 5.55. The van der Waals surface area contributed by atoms with Crippen LogP contribution in [0.3, 0.4) is 0 Å². The summed E-state index contributed by atoms with van der Waals surface area (Å²) in [6, 6.07) is 3.65. The van der Waals surface area contributed by atoms with Gasteiger partial charge in [-0.3, -0.25) is 14.0 Å². The Morgan fingerprint density at radius 3 is 3.00 bits per heavy atom. The van der Waals surface area contributed by atoms with Crippen molar-refractivity contribution < 1.29 is 4.79 Å². The summed E-state index contributed by atoms with van der Waals surface area (Å²) in [5, 5.41) is 6.16. The maximum absolute atomic E-state index is 12.2. The normalized spacial score (nSPS) is 17.9. The lowest BCUT2D eigenvalue weighted by molar-refractivity contribution is -0.119. The summed E-state index contributed by atoms with van der Waals surface area (Å²) in [5.41, 5.74) is 2.22. The number of nitrogens with zero attached hydrogens (tertiary/aromatic N) is 2. The molecule has 1 saturated heterocycles. The molecule has 1 aliphatic heterocycles. The quantitative estimate of drug-likeness (QED) is 0.852. The van der Waals surface area contributed by atoms with Gasteiger partial charge in [0.2, 0.25) is 5.91 Å². The molecular formula is C15H17BrN4O2.